The maximum atomic E-state index is 5.99. The first-order chi connectivity index (χ1) is 9.28. The van der Waals surface area contributed by atoms with E-state index in [1.165, 1.54) is 0 Å². The van der Waals surface area contributed by atoms with Crippen LogP contribution in [0.3, 0.4) is 0 Å². The van der Waals surface area contributed by atoms with Gasteiger partial charge in [-0.15, -0.1) is 0 Å². The van der Waals surface area contributed by atoms with Crippen LogP contribution in [0.15, 0.2) is 48.8 Å². The van der Waals surface area contributed by atoms with Crippen LogP contribution in [0.2, 0.25) is 0 Å². The summed E-state index contributed by atoms with van der Waals surface area (Å²) in [4.78, 5) is 8.56. The average molecular weight is 251 g/mol. The van der Waals surface area contributed by atoms with Crippen LogP contribution >= 0.6 is 0 Å². The molecule has 0 atom stereocenters. The van der Waals surface area contributed by atoms with Gasteiger partial charge in [0.25, 0.3) is 0 Å². The van der Waals surface area contributed by atoms with Gasteiger partial charge in [-0.25, -0.2) is 4.98 Å². The van der Waals surface area contributed by atoms with Crippen molar-refractivity contribution in [2.24, 2.45) is 0 Å². The minimum Gasteiger partial charge on any atom is -0.497 e. The second-order valence-electron chi connectivity index (χ2n) is 4.22. The first-order valence-corrected chi connectivity index (χ1v) is 5.92. The maximum absolute atomic E-state index is 5.99. The van der Waals surface area contributed by atoms with E-state index < -0.39 is 0 Å². The molecule has 19 heavy (non-hydrogen) atoms. The monoisotopic (exact) mass is 251 g/mol. The minimum absolute atomic E-state index is 0.512. The number of nitrogens with zero attached hydrogens (tertiary/aromatic N) is 2. The second kappa shape index (κ2) is 4.57. The summed E-state index contributed by atoms with van der Waals surface area (Å²) in [6.07, 6.45) is 3.50. The van der Waals surface area contributed by atoms with E-state index in [0.717, 1.165) is 27.8 Å². The lowest BCUT2D eigenvalue weighted by Gasteiger charge is -2.07. The largest absolute Gasteiger partial charge is 0.497 e. The minimum atomic E-state index is 0.512. The number of anilines is 1. The molecule has 94 valence electrons. The number of methoxy groups -OCH3 is 1. The van der Waals surface area contributed by atoms with Crippen molar-refractivity contribution >= 4 is 16.6 Å². The van der Waals surface area contributed by atoms with E-state index in [1.54, 1.807) is 19.5 Å². The van der Waals surface area contributed by atoms with E-state index in [9.17, 15) is 0 Å². The molecule has 0 saturated heterocycles. The lowest BCUT2D eigenvalue weighted by atomic mass is 10.1. The molecule has 4 nitrogen and oxygen atoms in total. The number of hydrogen-bond donors (Lipinski definition) is 1. The number of nitrogen functional groups attached to an aromatic ring is 1. The van der Waals surface area contributed by atoms with Crippen molar-refractivity contribution in [1.29, 1.82) is 0 Å². The molecule has 2 heterocycles. The third-order valence-corrected chi connectivity index (χ3v) is 3.03. The number of hydrogen-bond acceptors (Lipinski definition) is 4. The molecule has 0 unspecified atom stereocenters. The highest BCUT2D eigenvalue weighted by Crippen LogP contribution is 2.27. The number of aromatic nitrogens is 2. The van der Waals surface area contributed by atoms with Crippen molar-refractivity contribution in [3.63, 3.8) is 0 Å². The van der Waals surface area contributed by atoms with E-state index in [1.807, 2.05) is 36.4 Å². The van der Waals surface area contributed by atoms with Crippen molar-refractivity contribution in [2.75, 3.05) is 12.8 Å². The predicted molar refractivity (Wildman–Crippen MR) is 75.9 cm³/mol. The third-order valence-electron chi connectivity index (χ3n) is 3.03. The zero-order chi connectivity index (χ0) is 13.2. The molecule has 3 aromatic rings. The van der Waals surface area contributed by atoms with Gasteiger partial charge < -0.3 is 10.5 Å². The Kier molecular flexibility index (Phi) is 2.76. The molecule has 3 rings (SSSR count). The molecule has 0 bridgehead atoms. The zero-order valence-corrected chi connectivity index (χ0v) is 10.5. The third kappa shape index (κ3) is 2.08. The highest BCUT2D eigenvalue weighted by Gasteiger charge is 2.06. The van der Waals surface area contributed by atoms with Gasteiger partial charge in [-0.1, -0.05) is 12.1 Å². The normalized spacial score (nSPS) is 10.6. The number of pyridine rings is 2. The van der Waals surface area contributed by atoms with Crippen LogP contribution in [0.5, 0.6) is 5.75 Å². The van der Waals surface area contributed by atoms with E-state index >= 15 is 0 Å². The molecule has 2 N–H and O–H groups in total. The molecule has 0 fully saturated rings. The number of ether oxygens (including phenoxy) is 1. The molecule has 0 aliphatic rings. The Balaban J connectivity index is 2.19. The fraction of sp³-hybridized carbons (Fsp3) is 0.0667. The van der Waals surface area contributed by atoms with E-state index in [2.05, 4.69) is 9.97 Å². The lowest BCUT2D eigenvalue weighted by molar-refractivity contribution is 0.415. The van der Waals surface area contributed by atoms with Crippen LogP contribution in [0.4, 0.5) is 5.82 Å². The molecule has 0 amide bonds. The summed E-state index contributed by atoms with van der Waals surface area (Å²) in [6, 6.07) is 11.6. The molecule has 0 spiro atoms. The number of nitrogens with two attached hydrogens (primary N) is 1. The van der Waals surface area contributed by atoms with Crippen molar-refractivity contribution < 1.29 is 4.74 Å². The Morgan fingerprint density at radius 1 is 1.16 bits per heavy atom. The van der Waals surface area contributed by atoms with Gasteiger partial charge in [0.2, 0.25) is 0 Å². The first-order valence-electron chi connectivity index (χ1n) is 5.92. The Morgan fingerprint density at radius 3 is 2.89 bits per heavy atom. The van der Waals surface area contributed by atoms with Gasteiger partial charge in [0.1, 0.15) is 11.6 Å². The lowest BCUT2D eigenvalue weighted by Crippen LogP contribution is -1.95. The summed E-state index contributed by atoms with van der Waals surface area (Å²) in [6.45, 7) is 0. The Hall–Kier alpha value is -2.62. The second-order valence-corrected chi connectivity index (χ2v) is 4.22. The summed E-state index contributed by atoms with van der Waals surface area (Å²) in [5.41, 5.74) is 7.78. The summed E-state index contributed by atoms with van der Waals surface area (Å²) in [5, 5.41) is 1.90. The van der Waals surface area contributed by atoms with Gasteiger partial charge in [-0.05, 0) is 24.3 Å². The van der Waals surface area contributed by atoms with Crippen LogP contribution in [0.1, 0.15) is 0 Å². The molecular formula is C15H13N3O. The van der Waals surface area contributed by atoms with Crippen molar-refractivity contribution in [1.82, 2.24) is 9.97 Å². The standard InChI is InChI=1S/C15H13N3O/c1-19-12-4-2-3-10(7-12)14-8-11-9-17-6-5-13(11)15(16)18-14/h2-9H,1H3,(H2,16,18). The highest BCUT2D eigenvalue weighted by molar-refractivity contribution is 5.93. The fourth-order valence-corrected chi connectivity index (χ4v) is 2.05. The van der Waals surface area contributed by atoms with Gasteiger partial charge in [0, 0.05) is 28.7 Å². The summed E-state index contributed by atoms with van der Waals surface area (Å²) in [5.74, 6) is 1.31. The van der Waals surface area contributed by atoms with Crippen LogP contribution in [-0.4, -0.2) is 17.1 Å². The van der Waals surface area contributed by atoms with Crippen LogP contribution in [-0.2, 0) is 0 Å². The van der Waals surface area contributed by atoms with Gasteiger partial charge in [-0.3, -0.25) is 4.98 Å². The summed E-state index contributed by atoms with van der Waals surface area (Å²) < 4.78 is 5.22. The highest BCUT2D eigenvalue weighted by atomic mass is 16.5. The number of benzene rings is 1. The smallest absolute Gasteiger partial charge is 0.132 e. The van der Waals surface area contributed by atoms with Gasteiger partial charge in [-0.2, -0.15) is 0 Å². The topological polar surface area (TPSA) is 61.0 Å². The van der Waals surface area contributed by atoms with Gasteiger partial charge in [0.05, 0.1) is 12.8 Å². The molecule has 4 heteroatoms. The summed E-state index contributed by atoms with van der Waals surface area (Å²) in [7, 11) is 1.64. The molecule has 0 aliphatic carbocycles. The van der Waals surface area contributed by atoms with Crippen molar-refractivity contribution in [3.8, 4) is 17.0 Å². The quantitative estimate of drug-likeness (QED) is 0.760. The van der Waals surface area contributed by atoms with Crippen molar-refractivity contribution in [2.45, 2.75) is 0 Å². The molecule has 1 aromatic carbocycles. The summed E-state index contributed by atoms with van der Waals surface area (Å²) >= 11 is 0. The Labute approximate surface area is 110 Å². The van der Waals surface area contributed by atoms with Crippen LogP contribution in [0, 0.1) is 0 Å². The van der Waals surface area contributed by atoms with Crippen LogP contribution in [0.25, 0.3) is 22.0 Å². The van der Waals surface area contributed by atoms with Crippen molar-refractivity contribution in [3.05, 3.63) is 48.8 Å². The molecule has 0 radical (unpaired) electrons. The number of fused-ring (bicyclic) bond motifs is 1. The SMILES string of the molecule is COc1cccc(-c2cc3cnccc3c(N)n2)c1. The zero-order valence-electron chi connectivity index (χ0n) is 10.5. The maximum Gasteiger partial charge on any atom is 0.132 e. The molecular weight excluding hydrogens is 238 g/mol. The average Bonchev–Trinajstić information content (AvgIpc) is 2.47. The van der Waals surface area contributed by atoms with E-state index in [0.29, 0.717) is 5.82 Å². The van der Waals surface area contributed by atoms with Crippen LogP contribution < -0.4 is 10.5 Å². The van der Waals surface area contributed by atoms with Gasteiger partial charge in [0.15, 0.2) is 0 Å². The Bertz CT molecular complexity index is 740. The first kappa shape index (κ1) is 11.5. The molecule has 0 aliphatic heterocycles. The predicted octanol–water partition coefficient (Wildman–Crippen LogP) is 2.89. The van der Waals surface area contributed by atoms with E-state index in [4.69, 9.17) is 10.5 Å². The van der Waals surface area contributed by atoms with Gasteiger partial charge >= 0.3 is 0 Å². The molecule has 2 aromatic heterocycles. The van der Waals surface area contributed by atoms with E-state index in [-0.39, 0.29) is 0 Å². The number of rotatable bonds is 2. The molecule has 0 saturated carbocycles. The Morgan fingerprint density at radius 2 is 2.05 bits per heavy atom. The fourth-order valence-electron chi connectivity index (χ4n) is 2.05.